The van der Waals surface area contributed by atoms with Crippen LogP contribution in [0.3, 0.4) is 0 Å². The van der Waals surface area contributed by atoms with Crippen molar-refractivity contribution in [2.75, 3.05) is 0 Å². The average Bonchev–Trinajstić information content (AvgIpc) is 3.00. The maximum atomic E-state index is 2.33. The van der Waals surface area contributed by atoms with Crippen molar-refractivity contribution in [2.24, 2.45) is 0 Å². The first kappa shape index (κ1) is 19.1. The number of hydrogen-bond acceptors (Lipinski definition) is 1. The van der Waals surface area contributed by atoms with Gasteiger partial charge in [0.05, 0.1) is 0 Å². The topological polar surface area (TPSA) is 0 Å². The van der Waals surface area contributed by atoms with Crippen LogP contribution in [-0.4, -0.2) is 0 Å². The fraction of sp³-hybridized carbons (Fsp3) is 0.154. The lowest BCUT2D eigenvalue weighted by Gasteiger charge is -2.27. The predicted molar refractivity (Wildman–Crippen MR) is 127 cm³/mol. The highest BCUT2D eigenvalue weighted by atomic mass is 32.1. The summed E-state index contributed by atoms with van der Waals surface area (Å²) in [5.74, 6) is 0. The molecule has 0 aliphatic rings. The van der Waals surface area contributed by atoms with Crippen LogP contribution >= 0.6 is 18.6 Å². The second-order valence-corrected chi connectivity index (χ2v) is 12.1. The number of rotatable bonds is 5. The number of benzene rings is 3. The quantitative estimate of drug-likeness (QED) is 0.351. The second-order valence-electron chi connectivity index (χ2n) is 7.31. The monoisotopic (exact) mass is 401 g/mol. The molecule has 28 heavy (non-hydrogen) atoms. The molecule has 3 aromatic carbocycles. The highest BCUT2D eigenvalue weighted by Gasteiger charge is 2.46. The summed E-state index contributed by atoms with van der Waals surface area (Å²) in [6.45, 7) is 6.81. The summed E-state index contributed by atoms with van der Waals surface area (Å²) in [5, 5.41) is 4.36. The second kappa shape index (κ2) is 8.03. The molecule has 1 heterocycles. The molecule has 0 aliphatic heterocycles. The van der Waals surface area contributed by atoms with Crippen LogP contribution in [0.5, 0.6) is 0 Å². The van der Waals surface area contributed by atoms with Crippen molar-refractivity contribution in [3.63, 3.8) is 0 Å². The van der Waals surface area contributed by atoms with Gasteiger partial charge in [0.25, 0.3) is 0 Å². The molecule has 0 spiro atoms. The van der Waals surface area contributed by atoms with Crippen molar-refractivity contribution >= 4 is 34.5 Å². The Morgan fingerprint density at radius 1 is 0.571 bits per heavy atom. The molecule has 0 atom stereocenters. The summed E-state index contributed by atoms with van der Waals surface area (Å²) < 4.78 is 0. The summed E-state index contributed by atoms with van der Waals surface area (Å²) in [4.78, 5) is 2.97. The van der Waals surface area contributed by atoms with E-state index in [9.17, 15) is 0 Å². The van der Waals surface area contributed by atoms with Crippen molar-refractivity contribution in [2.45, 2.75) is 26.9 Å². The molecule has 140 valence electrons. The van der Waals surface area contributed by atoms with E-state index in [1.54, 1.807) is 0 Å². The Bertz CT molecular complexity index is 953. The summed E-state index contributed by atoms with van der Waals surface area (Å²) in [6, 6.07) is 33.5. The summed E-state index contributed by atoms with van der Waals surface area (Å²) in [6.07, 6.45) is 1.08. The van der Waals surface area contributed by atoms with Gasteiger partial charge in [-0.3, -0.25) is 0 Å². The minimum Gasteiger partial charge on any atom is -0.141 e. The largest absolute Gasteiger partial charge is 0.141 e. The Morgan fingerprint density at radius 3 is 1.29 bits per heavy atom. The van der Waals surface area contributed by atoms with Gasteiger partial charge < -0.3 is 0 Å². The van der Waals surface area contributed by atoms with Crippen LogP contribution in [-0.2, 0) is 6.16 Å². The standard InChI is InChI=1S/C26H26PS/c1-20-21(2)26(28-22(20)3)19-27(23-13-7-4-8-14-23,24-15-9-5-10-16-24)25-17-11-6-12-18-25/h4-18H,19H2,1-3H3/q+1. The van der Waals surface area contributed by atoms with Gasteiger partial charge in [-0.25, -0.2) is 0 Å². The minimum absolute atomic E-state index is 1.08. The van der Waals surface area contributed by atoms with Crippen molar-refractivity contribution in [3.05, 3.63) is 112 Å². The van der Waals surface area contributed by atoms with Crippen molar-refractivity contribution in [1.82, 2.24) is 0 Å². The van der Waals surface area contributed by atoms with Gasteiger partial charge in [-0.1, -0.05) is 54.6 Å². The zero-order chi connectivity index (χ0) is 19.6. The fourth-order valence-corrected chi connectivity index (χ4v) is 9.92. The smallest absolute Gasteiger partial charge is 0.117 e. The van der Waals surface area contributed by atoms with E-state index in [2.05, 4.69) is 112 Å². The molecule has 0 aliphatic carbocycles. The van der Waals surface area contributed by atoms with Crippen LogP contribution in [0.15, 0.2) is 91.0 Å². The number of thiophene rings is 1. The Labute approximate surface area is 173 Å². The zero-order valence-corrected chi connectivity index (χ0v) is 18.4. The van der Waals surface area contributed by atoms with Crippen LogP contribution in [0.2, 0.25) is 0 Å². The molecule has 0 saturated carbocycles. The predicted octanol–water partition coefficient (Wildman–Crippen LogP) is 6.17. The van der Waals surface area contributed by atoms with Crippen LogP contribution in [0.1, 0.15) is 20.9 Å². The van der Waals surface area contributed by atoms with Gasteiger partial charge in [0.2, 0.25) is 0 Å². The van der Waals surface area contributed by atoms with Gasteiger partial charge in [0, 0.05) is 9.75 Å². The van der Waals surface area contributed by atoms with E-state index in [-0.39, 0.29) is 0 Å². The lowest BCUT2D eigenvalue weighted by molar-refractivity contribution is 1.30. The van der Waals surface area contributed by atoms with Gasteiger partial charge in [-0.2, -0.15) is 0 Å². The number of hydrogen-bond donors (Lipinski definition) is 0. The summed E-state index contributed by atoms with van der Waals surface area (Å²) in [5.41, 5.74) is 2.92. The van der Waals surface area contributed by atoms with E-state index < -0.39 is 7.26 Å². The Hall–Kier alpha value is -2.21. The maximum Gasteiger partial charge on any atom is 0.117 e. The minimum atomic E-state index is -1.80. The first-order valence-corrected chi connectivity index (χ1v) is 12.5. The average molecular weight is 402 g/mol. The zero-order valence-electron chi connectivity index (χ0n) is 16.7. The van der Waals surface area contributed by atoms with E-state index >= 15 is 0 Å². The molecule has 0 nitrogen and oxygen atoms in total. The molecule has 2 heteroatoms. The van der Waals surface area contributed by atoms with Crippen molar-refractivity contribution in [1.29, 1.82) is 0 Å². The normalized spacial score (nSPS) is 11.5. The molecule has 4 aromatic rings. The molecule has 0 fully saturated rings. The van der Waals surface area contributed by atoms with E-state index in [1.807, 2.05) is 11.3 Å². The molecule has 4 rings (SSSR count). The van der Waals surface area contributed by atoms with E-state index in [0.717, 1.165) is 6.16 Å². The molecular weight excluding hydrogens is 375 g/mol. The van der Waals surface area contributed by atoms with Crippen LogP contribution < -0.4 is 15.9 Å². The van der Waals surface area contributed by atoms with Crippen molar-refractivity contribution in [3.8, 4) is 0 Å². The lowest BCUT2D eigenvalue weighted by Crippen LogP contribution is -2.32. The Morgan fingerprint density at radius 2 is 0.964 bits per heavy atom. The van der Waals surface area contributed by atoms with E-state index in [4.69, 9.17) is 0 Å². The molecule has 0 N–H and O–H groups in total. The van der Waals surface area contributed by atoms with Crippen molar-refractivity contribution < 1.29 is 0 Å². The third-order valence-corrected chi connectivity index (χ3v) is 11.6. The highest BCUT2D eigenvalue weighted by Crippen LogP contribution is 2.59. The third-order valence-electron chi connectivity index (χ3n) is 5.76. The van der Waals surface area contributed by atoms with Gasteiger partial charge in [-0.15, -0.1) is 11.3 Å². The highest BCUT2D eigenvalue weighted by molar-refractivity contribution is 7.95. The van der Waals surface area contributed by atoms with Gasteiger partial charge >= 0.3 is 0 Å². The molecule has 0 saturated heterocycles. The molecule has 0 bridgehead atoms. The van der Waals surface area contributed by atoms with Gasteiger partial charge in [0.1, 0.15) is 29.3 Å². The van der Waals surface area contributed by atoms with E-state index in [0.29, 0.717) is 0 Å². The summed E-state index contributed by atoms with van der Waals surface area (Å²) in [7, 11) is -1.80. The Kier molecular flexibility index (Phi) is 5.49. The molecule has 0 amide bonds. The molecule has 1 aromatic heterocycles. The molecule has 0 radical (unpaired) electrons. The molecule has 0 unspecified atom stereocenters. The summed E-state index contributed by atoms with van der Waals surface area (Å²) >= 11 is 1.98. The van der Waals surface area contributed by atoms with Crippen LogP contribution in [0.25, 0.3) is 0 Å². The van der Waals surface area contributed by atoms with E-state index in [1.165, 1.54) is 36.8 Å². The lowest BCUT2D eigenvalue weighted by atomic mass is 10.2. The number of aryl methyl sites for hydroxylation is 1. The first-order chi connectivity index (χ1) is 13.6. The first-order valence-electron chi connectivity index (χ1n) is 9.73. The van der Waals surface area contributed by atoms with Crippen LogP contribution in [0.4, 0.5) is 0 Å². The van der Waals surface area contributed by atoms with Gasteiger partial charge in [-0.05, 0) is 68.3 Å². The van der Waals surface area contributed by atoms with Crippen LogP contribution in [0, 0.1) is 20.8 Å². The third kappa shape index (κ3) is 3.34. The fourth-order valence-electron chi connectivity index (χ4n) is 3.95. The molecular formula is C26H26PS+. The SMILES string of the molecule is Cc1sc(C[P+](c2ccccc2)(c2ccccc2)c2ccccc2)c(C)c1C. The Balaban J connectivity index is 2.02. The maximum absolute atomic E-state index is 2.33. The van der Waals surface area contributed by atoms with Gasteiger partial charge in [0.15, 0.2) is 0 Å².